The van der Waals surface area contributed by atoms with Gasteiger partial charge in [-0.25, -0.2) is 4.79 Å². The van der Waals surface area contributed by atoms with Gasteiger partial charge in [-0.05, 0) is 26.7 Å². The Labute approximate surface area is 124 Å². The van der Waals surface area contributed by atoms with Crippen molar-refractivity contribution in [1.29, 1.82) is 0 Å². The molecule has 0 spiro atoms. The topological polar surface area (TPSA) is 44.8 Å². The summed E-state index contributed by atoms with van der Waals surface area (Å²) in [6, 6.07) is 0. The second-order valence-corrected chi connectivity index (χ2v) is 5.09. The third-order valence-electron chi connectivity index (χ3n) is 3.23. The molecule has 4 nitrogen and oxygen atoms in total. The maximum absolute atomic E-state index is 11.3. The molecule has 0 aromatic rings. The van der Waals surface area contributed by atoms with Gasteiger partial charge in [-0.2, -0.15) is 0 Å². The first-order valence-corrected chi connectivity index (χ1v) is 7.99. The summed E-state index contributed by atoms with van der Waals surface area (Å²) in [5, 5.41) is 0. The van der Waals surface area contributed by atoms with Crippen LogP contribution < -0.4 is 0 Å². The van der Waals surface area contributed by atoms with Crippen LogP contribution in [-0.2, 0) is 19.0 Å². The molecule has 1 atom stereocenters. The van der Waals surface area contributed by atoms with Crippen molar-refractivity contribution in [2.24, 2.45) is 0 Å². The quantitative estimate of drug-likeness (QED) is 0.361. The molecule has 120 valence electrons. The fourth-order valence-corrected chi connectivity index (χ4v) is 2.00. The van der Waals surface area contributed by atoms with Crippen molar-refractivity contribution in [2.75, 3.05) is 26.9 Å². The standard InChI is InChI=1S/C16H32O4/c1-4-19-16(17)15(2)20-14-12-10-8-6-5-7-9-11-13-18-3/h15H,4-14H2,1-3H3. The van der Waals surface area contributed by atoms with E-state index in [2.05, 4.69) is 0 Å². The molecular formula is C16H32O4. The molecule has 0 radical (unpaired) electrons. The minimum absolute atomic E-state index is 0.261. The monoisotopic (exact) mass is 288 g/mol. The van der Waals surface area contributed by atoms with E-state index in [4.69, 9.17) is 14.2 Å². The third kappa shape index (κ3) is 12.4. The molecule has 0 aliphatic carbocycles. The van der Waals surface area contributed by atoms with Crippen LogP contribution in [0.3, 0.4) is 0 Å². The Kier molecular flexibility index (Phi) is 14.3. The Balaban J connectivity index is 3.18. The van der Waals surface area contributed by atoms with Gasteiger partial charge < -0.3 is 14.2 Å². The maximum Gasteiger partial charge on any atom is 0.334 e. The van der Waals surface area contributed by atoms with Gasteiger partial charge in [0.1, 0.15) is 0 Å². The van der Waals surface area contributed by atoms with Crippen LogP contribution in [0.5, 0.6) is 0 Å². The predicted molar refractivity (Wildman–Crippen MR) is 80.9 cm³/mol. The number of rotatable bonds is 14. The summed E-state index contributed by atoms with van der Waals surface area (Å²) < 4.78 is 15.3. The molecule has 4 heteroatoms. The van der Waals surface area contributed by atoms with Crippen molar-refractivity contribution in [1.82, 2.24) is 0 Å². The lowest BCUT2D eigenvalue weighted by Crippen LogP contribution is -2.23. The van der Waals surface area contributed by atoms with E-state index in [1.54, 1.807) is 21.0 Å². The number of unbranched alkanes of at least 4 members (excludes halogenated alkanes) is 7. The first-order valence-electron chi connectivity index (χ1n) is 7.99. The Hall–Kier alpha value is -0.610. The first-order chi connectivity index (χ1) is 9.72. The Morgan fingerprint density at radius 2 is 1.40 bits per heavy atom. The molecule has 0 aromatic heterocycles. The molecule has 0 aliphatic heterocycles. The van der Waals surface area contributed by atoms with Gasteiger partial charge >= 0.3 is 5.97 Å². The Morgan fingerprint density at radius 3 is 1.90 bits per heavy atom. The highest BCUT2D eigenvalue weighted by Crippen LogP contribution is 2.09. The molecule has 0 saturated heterocycles. The number of ether oxygens (including phenoxy) is 3. The highest BCUT2D eigenvalue weighted by atomic mass is 16.6. The number of esters is 1. The Morgan fingerprint density at radius 1 is 0.900 bits per heavy atom. The molecule has 1 unspecified atom stereocenters. The van der Waals surface area contributed by atoms with Gasteiger partial charge in [0.25, 0.3) is 0 Å². The average Bonchev–Trinajstić information content (AvgIpc) is 2.44. The zero-order chi connectivity index (χ0) is 15.1. The number of methoxy groups -OCH3 is 1. The summed E-state index contributed by atoms with van der Waals surface area (Å²) in [5.74, 6) is -0.261. The zero-order valence-electron chi connectivity index (χ0n) is 13.5. The van der Waals surface area contributed by atoms with Crippen molar-refractivity contribution in [3.05, 3.63) is 0 Å². The van der Waals surface area contributed by atoms with Gasteiger partial charge in [0.05, 0.1) is 6.61 Å². The summed E-state index contributed by atoms with van der Waals surface area (Å²) in [6.45, 7) is 5.50. The number of hydrogen-bond acceptors (Lipinski definition) is 4. The van der Waals surface area contributed by atoms with Crippen LogP contribution in [0.15, 0.2) is 0 Å². The number of carbonyl (C=O) groups is 1. The van der Waals surface area contributed by atoms with Crippen LogP contribution in [0.2, 0.25) is 0 Å². The van der Waals surface area contributed by atoms with Gasteiger partial charge in [-0.3, -0.25) is 0 Å². The van der Waals surface area contributed by atoms with Crippen molar-refractivity contribution in [3.8, 4) is 0 Å². The van der Waals surface area contributed by atoms with Crippen LogP contribution in [0.25, 0.3) is 0 Å². The molecule has 0 aliphatic rings. The van der Waals surface area contributed by atoms with E-state index in [9.17, 15) is 4.79 Å². The molecule has 0 fully saturated rings. The molecule has 0 bridgehead atoms. The molecule has 0 amide bonds. The molecule has 0 saturated carbocycles. The fourth-order valence-electron chi connectivity index (χ4n) is 2.00. The van der Waals surface area contributed by atoms with Crippen LogP contribution >= 0.6 is 0 Å². The summed E-state index contributed by atoms with van der Waals surface area (Å²) >= 11 is 0. The highest BCUT2D eigenvalue weighted by molar-refractivity contribution is 5.74. The second kappa shape index (κ2) is 14.8. The van der Waals surface area contributed by atoms with Crippen LogP contribution in [-0.4, -0.2) is 39.0 Å². The summed E-state index contributed by atoms with van der Waals surface area (Å²) in [5.41, 5.74) is 0. The van der Waals surface area contributed by atoms with Crippen molar-refractivity contribution >= 4 is 5.97 Å². The van der Waals surface area contributed by atoms with Crippen molar-refractivity contribution < 1.29 is 19.0 Å². The molecular weight excluding hydrogens is 256 g/mol. The van der Waals surface area contributed by atoms with E-state index >= 15 is 0 Å². The van der Waals surface area contributed by atoms with Gasteiger partial charge in [0.15, 0.2) is 6.10 Å². The highest BCUT2D eigenvalue weighted by Gasteiger charge is 2.13. The van der Waals surface area contributed by atoms with Gasteiger partial charge in [0.2, 0.25) is 0 Å². The second-order valence-electron chi connectivity index (χ2n) is 5.09. The van der Waals surface area contributed by atoms with Gasteiger partial charge in [0, 0.05) is 20.3 Å². The molecule has 0 N–H and O–H groups in total. The van der Waals surface area contributed by atoms with E-state index in [0.29, 0.717) is 13.2 Å². The summed E-state index contributed by atoms with van der Waals surface area (Å²) in [6.07, 6.45) is 9.37. The van der Waals surface area contributed by atoms with Crippen LogP contribution in [0.1, 0.15) is 65.2 Å². The lowest BCUT2D eigenvalue weighted by molar-refractivity contribution is -0.155. The summed E-state index contributed by atoms with van der Waals surface area (Å²) in [7, 11) is 1.75. The normalized spacial score (nSPS) is 12.3. The molecule has 0 heterocycles. The van der Waals surface area contributed by atoms with Crippen molar-refractivity contribution in [3.63, 3.8) is 0 Å². The van der Waals surface area contributed by atoms with Gasteiger partial charge in [-0.15, -0.1) is 0 Å². The summed E-state index contributed by atoms with van der Waals surface area (Å²) in [4.78, 5) is 11.3. The minimum atomic E-state index is -0.435. The third-order valence-corrected chi connectivity index (χ3v) is 3.23. The lowest BCUT2D eigenvalue weighted by atomic mass is 10.1. The van der Waals surface area contributed by atoms with E-state index in [1.807, 2.05) is 0 Å². The van der Waals surface area contributed by atoms with E-state index < -0.39 is 6.10 Å². The van der Waals surface area contributed by atoms with Gasteiger partial charge in [-0.1, -0.05) is 38.5 Å². The van der Waals surface area contributed by atoms with Crippen LogP contribution in [0.4, 0.5) is 0 Å². The lowest BCUT2D eigenvalue weighted by Gasteiger charge is -2.11. The smallest absolute Gasteiger partial charge is 0.334 e. The van der Waals surface area contributed by atoms with E-state index in [1.165, 1.54) is 44.9 Å². The van der Waals surface area contributed by atoms with Crippen molar-refractivity contribution in [2.45, 2.75) is 71.3 Å². The van der Waals surface area contributed by atoms with Crippen LogP contribution in [0, 0.1) is 0 Å². The predicted octanol–water partition coefficient (Wildman–Crippen LogP) is 3.72. The zero-order valence-corrected chi connectivity index (χ0v) is 13.5. The maximum atomic E-state index is 11.3. The SMILES string of the molecule is CCOC(=O)C(C)OCCCCCCCCCCOC. The molecule has 20 heavy (non-hydrogen) atoms. The molecule has 0 aromatic carbocycles. The fraction of sp³-hybridized carbons (Fsp3) is 0.938. The molecule has 0 rings (SSSR count). The Bertz CT molecular complexity index is 219. The van der Waals surface area contributed by atoms with E-state index in [0.717, 1.165) is 13.0 Å². The van der Waals surface area contributed by atoms with E-state index in [-0.39, 0.29) is 5.97 Å². The average molecular weight is 288 g/mol. The largest absolute Gasteiger partial charge is 0.464 e. The number of hydrogen-bond donors (Lipinski definition) is 0. The number of carbonyl (C=O) groups excluding carboxylic acids is 1. The first kappa shape index (κ1) is 19.4. The minimum Gasteiger partial charge on any atom is -0.464 e.